The van der Waals surface area contributed by atoms with Gasteiger partial charge in [-0.25, -0.2) is 0 Å². The smallest absolute Gasteiger partial charge is 0.242 e. The molecule has 40 heavy (non-hydrogen) atoms. The molecule has 0 aliphatic carbocycles. The summed E-state index contributed by atoms with van der Waals surface area (Å²) in [6.45, 7) is 5.56. The van der Waals surface area contributed by atoms with E-state index in [1.54, 1.807) is 0 Å². The molecule has 6 rings (SSSR count). The zero-order chi connectivity index (χ0) is 27.7. The molecule has 0 spiro atoms. The second-order valence-electron chi connectivity index (χ2n) is 11.1. The highest BCUT2D eigenvalue weighted by Crippen LogP contribution is 2.55. The Kier molecular flexibility index (Phi) is 7.19. The summed E-state index contributed by atoms with van der Waals surface area (Å²) in [7, 11) is 0. The molecule has 7 nitrogen and oxygen atoms in total. The van der Waals surface area contributed by atoms with Crippen molar-refractivity contribution in [3.05, 3.63) is 83.4 Å². The maximum absolute atomic E-state index is 14.9. The lowest BCUT2D eigenvalue weighted by molar-refractivity contribution is -0.124. The van der Waals surface area contributed by atoms with Crippen molar-refractivity contribution in [3.63, 3.8) is 0 Å². The van der Waals surface area contributed by atoms with Crippen LogP contribution in [0.4, 0.5) is 5.69 Å². The zero-order valence-corrected chi connectivity index (χ0v) is 23.2. The Labute approximate surface area is 235 Å². The van der Waals surface area contributed by atoms with Crippen molar-refractivity contribution in [3.8, 4) is 17.2 Å². The zero-order valence-electron chi connectivity index (χ0n) is 23.2. The summed E-state index contributed by atoms with van der Waals surface area (Å²) in [5.74, 6) is 1.62. The quantitative estimate of drug-likeness (QED) is 0.351. The molecule has 3 aliphatic heterocycles. The highest BCUT2D eigenvalue weighted by atomic mass is 16.7. The Bertz CT molecular complexity index is 1360. The molecule has 0 radical (unpaired) electrons. The molecule has 3 aromatic rings. The van der Waals surface area contributed by atoms with E-state index in [2.05, 4.69) is 0 Å². The van der Waals surface area contributed by atoms with Gasteiger partial charge in [0.2, 0.25) is 12.7 Å². The van der Waals surface area contributed by atoms with E-state index in [1.807, 2.05) is 85.5 Å². The number of amides is 1. The van der Waals surface area contributed by atoms with Crippen LogP contribution < -0.4 is 19.1 Å². The van der Waals surface area contributed by atoms with Crippen LogP contribution in [0.1, 0.15) is 62.6 Å². The van der Waals surface area contributed by atoms with E-state index in [0.717, 1.165) is 29.7 Å². The van der Waals surface area contributed by atoms with E-state index in [1.165, 1.54) is 0 Å². The molecule has 7 heteroatoms. The molecule has 2 unspecified atom stereocenters. The molecule has 0 aromatic heterocycles. The van der Waals surface area contributed by atoms with Crippen LogP contribution in [0.25, 0.3) is 0 Å². The van der Waals surface area contributed by atoms with Crippen LogP contribution in [0.3, 0.4) is 0 Å². The average molecular weight is 544 g/mol. The predicted octanol–water partition coefficient (Wildman–Crippen LogP) is 5.75. The van der Waals surface area contributed by atoms with Gasteiger partial charge < -0.3 is 29.0 Å². The molecular weight excluding hydrogens is 506 g/mol. The standard InChI is InChI=1S/C33H37NO6/c1-3-32(36,4-2)21-33(25-14-8-9-15-27(25)34(31(33)35)19-24-13-10-16-37-24)26-17-29-30(40-22-39-29)18-28(26)38-20-23-11-6-5-7-12-23/h5-9,11-12,14-15,17-18,24,36H,3-4,10,13,16,19-22H2,1-2H3. The lowest BCUT2D eigenvalue weighted by atomic mass is 9.67. The number of benzene rings is 3. The van der Waals surface area contributed by atoms with Gasteiger partial charge in [0.15, 0.2) is 11.5 Å². The van der Waals surface area contributed by atoms with Crippen molar-refractivity contribution in [1.82, 2.24) is 0 Å². The van der Waals surface area contributed by atoms with E-state index in [4.69, 9.17) is 18.9 Å². The number of aliphatic hydroxyl groups is 1. The van der Waals surface area contributed by atoms with Crippen LogP contribution >= 0.6 is 0 Å². The Morgan fingerprint density at radius 3 is 2.45 bits per heavy atom. The minimum atomic E-state index is -1.19. The summed E-state index contributed by atoms with van der Waals surface area (Å²) in [6, 6.07) is 21.6. The summed E-state index contributed by atoms with van der Waals surface area (Å²) in [6.07, 6.45) is 3.13. The van der Waals surface area contributed by atoms with Crippen molar-refractivity contribution in [2.75, 3.05) is 24.8 Å². The van der Waals surface area contributed by atoms with Gasteiger partial charge in [0.1, 0.15) is 17.8 Å². The van der Waals surface area contributed by atoms with Crippen LogP contribution in [0.15, 0.2) is 66.7 Å². The Balaban J connectivity index is 1.53. The number of hydrogen-bond acceptors (Lipinski definition) is 6. The first-order valence-electron chi connectivity index (χ1n) is 14.3. The third-order valence-corrected chi connectivity index (χ3v) is 8.76. The number of fused-ring (bicyclic) bond motifs is 2. The number of rotatable bonds is 10. The van der Waals surface area contributed by atoms with Crippen LogP contribution in [0.5, 0.6) is 17.2 Å². The lowest BCUT2D eigenvalue weighted by Gasteiger charge is -2.38. The highest BCUT2D eigenvalue weighted by Gasteiger charge is 2.57. The third kappa shape index (κ3) is 4.61. The minimum Gasteiger partial charge on any atom is -0.488 e. The van der Waals surface area contributed by atoms with Crippen LogP contribution in [-0.2, 0) is 21.6 Å². The Morgan fingerprint density at radius 2 is 1.73 bits per heavy atom. The van der Waals surface area contributed by atoms with Crippen molar-refractivity contribution in [2.24, 2.45) is 0 Å². The summed E-state index contributed by atoms with van der Waals surface area (Å²) in [5, 5.41) is 11.8. The van der Waals surface area contributed by atoms with Crippen molar-refractivity contribution in [2.45, 2.75) is 69.7 Å². The molecule has 3 aliphatic rings. The molecule has 3 aromatic carbocycles. The molecule has 1 amide bonds. The fraction of sp³-hybridized carbons (Fsp3) is 0.424. The minimum absolute atomic E-state index is 0.0189. The second kappa shape index (κ2) is 10.8. The first kappa shape index (κ1) is 26.7. The van der Waals surface area contributed by atoms with Gasteiger partial charge in [-0.1, -0.05) is 62.4 Å². The second-order valence-corrected chi connectivity index (χ2v) is 11.1. The summed E-state index contributed by atoms with van der Waals surface area (Å²) < 4.78 is 24.0. The summed E-state index contributed by atoms with van der Waals surface area (Å²) in [4.78, 5) is 16.8. The Hall–Kier alpha value is -3.55. The van der Waals surface area contributed by atoms with Crippen LogP contribution in [0, 0.1) is 0 Å². The topological polar surface area (TPSA) is 77.5 Å². The normalized spacial score (nSPS) is 21.6. The van der Waals surface area contributed by atoms with Gasteiger partial charge >= 0.3 is 0 Å². The number of ether oxygens (including phenoxy) is 4. The number of anilines is 1. The van der Waals surface area contributed by atoms with Crippen LogP contribution in [-0.4, -0.2) is 42.7 Å². The van der Waals surface area contributed by atoms with Crippen molar-refractivity contribution >= 4 is 11.6 Å². The molecule has 2 atom stereocenters. The molecule has 0 saturated carbocycles. The van der Waals surface area contributed by atoms with Gasteiger partial charge in [0.25, 0.3) is 0 Å². The fourth-order valence-electron chi connectivity index (χ4n) is 6.33. The molecule has 210 valence electrons. The van der Waals surface area contributed by atoms with E-state index >= 15 is 0 Å². The van der Waals surface area contributed by atoms with Gasteiger partial charge in [0, 0.05) is 23.9 Å². The van der Waals surface area contributed by atoms with Crippen molar-refractivity contribution in [1.29, 1.82) is 0 Å². The van der Waals surface area contributed by atoms with Gasteiger partial charge in [-0.05, 0) is 55.4 Å². The van der Waals surface area contributed by atoms with E-state index in [9.17, 15) is 9.90 Å². The number of carbonyl (C=O) groups is 1. The monoisotopic (exact) mass is 543 g/mol. The predicted molar refractivity (Wildman–Crippen MR) is 152 cm³/mol. The third-order valence-electron chi connectivity index (χ3n) is 8.76. The molecule has 1 fully saturated rings. The number of nitrogens with zero attached hydrogens (tertiary/aromatic N) is 1. The van der Waals surface area contributed by atoms with Crippen LogP contribution in [0.2, 0.25) is 0 Å². The maximum Gasteiger partial charge on any atom is 0.242 e. The van der Waals surface area contributed by atoms with Gasteiger partial charge in [0.05, 0.1) is 18.2 Å². The maximum atomic E-state index is 14.9. The van der Waals surface area contributed by atoms with E-state index in [0.29, 0.717) is 55.4 Å². The van der Waals surface area contributed by atoms with Gasteiger partial charge in [-0.3, -0.25) is 4.79 Å². The lowest BCUT2D eigenvalue weighted by Crippen LogP contribution is -2.48. The number of hydrogen-bond donors (Lipinski definition) is 1. The number of para-hydroxylation sites is 1. The van der Waals surface area contributed by atoms with Gasteiger partial charge in [-0.15, -0.1) is 0 Å². The average Bonchev–Trinajstić information content (AvgIpc) is 3.73. The Morgan fingerprint density at radius 1 is 1.00 bits per heavy atom. The van der Waals surface area contributed by atoms with Gasteiger partial charge in [-0.2, -0.15) is 0 Å². The molecular formula is C33H37NO6. The fourth-order valence-corrected chi connectivity index (χ4v) is 6.33. The molecule has 0 bridgehead atoms. The molecule has 3 heterocycles. The van der Waals surface area contributed by atoms with E-state index < -0.39 is 11.0 Å². The summed E-state index contributed by atoms with van der Waals surface area (Å²) in [5.41, 5.74) is 1.14. The summed E-state index contributed by atoms with van der Waals surface area (Å²) >= 11 is 0. The SMILES string of the molecule is CCC(O)(CC)CC1(c2cc3c(cc2OCc2ccccc2)OCO3)C(=O)N(CC2CCCO2)c2ccccc21. The number of carbonyl (C=O) groups excluding carboxylic acids is 1. The first-order chi connectivity index (χ1) is 19.5. The highest BCUT2D eigenvalue weighted by molar-refractivity contribution is 6.11. The largest absolute Gasteiger partial charge is 0.488 e. The first-order valence-corrected chi connectivity index (χ1v) is 14.3. The van der Waals surface area contributed by atoms with Crippen molar-refractivity contribution < 1.29 is 28.8 Å². The van der Waals surface area contributed by atoms with E-state index in [-0.39, 0.29) is 25.2 Å². The molecule has 1 saturated heterocycles. The molecule has 1 N–H and O–H groups in total.